The number of benzene rings is 4. The van der Waals surface area contributed by atoms with Crippen LogP contribution in [0.25, 0.3) is 0 Å². The standard InChI is InChI=1S/C32H12BF24.C25H45N2S/c34-25(35,36)13-1-14(26(37,38)39)6-21(5-13)33(22-7-15(27(40,41)42)2-16(8-22)28(43,44)45,23-9-17(29(46,47)48)3-18(10-23)30(49,50)51)24-11-19(31(52,53)54)4-20(12-24)32(55,56)57;1-4-5-6-7-8-9-10-11-12-13-14-15-16-17-18-19-20-24(23-28(2)3)25(21-26)22-27/h1-12H;4-20,23H2,1-3H3/q-1;+1. The number of nitriles is 2. The van der Waals surface area contributed by atoms with Crippen molar-refractivity contribution in [1.82, 2.24) is 0 Å². The fourth-order valence-corrected chi connectivity index (χ4v) is 10.7. The Morgan fingerprint density at radius 3 is 0.682 bits per heavy atom. The van der Waals surface area contributed by atoms with Crippen molar-refractivity contribution in [2.45, 2.75) is 165 Å². The van der Waals surface area contributed by atoms with E-state index in [0.717, 1.165) is 24.2 Å². The van der Waals surface area contributed by atoms with Crippen LogP contribution in [0.2, 0.25) is 0 Å². The number of allylic oxidation sites excluding steroid dienone is 1. The molecular weight excluding hydrogens is 1210 g/mol. The molecular formula is C57H57BF24N2S. The lowest BCUT2D eigenvalue weighted by Crippen LogP contribution is -2.75. The summed E-state index contributed by atoms with van der Waals surface area (Å²) in [6.07, 6.45) is -27.5. The second-order valence-electron chi connectivity index (χ2n) is 20.6. The summed E-state index contributed by atoms with van der Waals surface area (Å²) in [4.78, 5) is 0. The molecule has 4 rings (SSSR count). The second kappa shape index (κ2) is 29.8. The number of hydrogen-bond acceptors (Lipinski definition) is 2. The first-order valence-corrected chi connectivity index (χ1v) is 28.5. The van der Waals surface area contributed by atoms with Crippen LogP contribution in [0, 0.1) is 22.7 Å². The van der Waals surface area contributed by atoms with Gasteiger partial charge in [-0.15, -0.1) is 0 Å². The third-order valence-corrected chi connectivity index (χ3v) is 14.7. The van der Waals surface area contributed by atoms with Crippen LogP contribution in [-0.2, 0) is 60.3 Å². The van der Waals surface area contributed by atoms with Crippen LogP contribution in [0.1, 0.15) is 161 Å². The molecule has 0 atom stereocenters. The molecule has 0 radical (unpaired) electrons. The Kier molecular flexibility index (Phi) is 25.8. The van der Waals surface area contributed by atoms with Crippen molar-refractivity contribution in [1.29, 1.82) is 10.5 Å². The first-order chi connectivity index (χ1) is 38.9. The number of halogens is 24. The Morgan fingerprint density at radius 1 is 0.329 bits per heavy atom. The van der Waals surface area contributed by atoms with Crippen LogP contribution in [0.4, 0.5) is 105 Å². The minimum absolute atomic E-state index is 0.252. The van der Waals surface area contributed by atoms with Gasteiger partial charge in [0.2, 0.25) is 0 Å². The van der Waals surface area contributed by atoms with Gasteiger partial charge in [-0.05, 0) is 48.0 Å². The Morgan fingerprint density at radius 2 is 0.518 bits per heavy atom. The van der Waals surface area contributed by atoms with Gasteiger partial charge < -0.3 is 0 Å². The summed E-state index contributed by atoms with van der Waals surface area (Å²) in [6, 6.07) is -4.64. The summed E-state index contributed by atoms with van der Waals surface area (Å²) < 4.78 is 341. The normalized spacial score (nSPS) is 13.1. The molecule has 0 amide bonds. The maximum atomic E-state index is 14.2. The van der Waals surface area contributed by atoms with Crippen molar-refractivity contribution in [2.75, 3.05) is 18.3 Å². The molecule has 0 aliphatic heterocycles. The van der Waals surface area contributed by atoms with E-state index in [2.05, 4.69) is 31.6 Å². The Balaban J connectivity index is 0.000000569. The van der Waals surface area contributed by atoms with Gasteiger partial charge >= 0.3 is 49.4 Å². The SMILES string of the molecule is CCCCCCCCCCCCCCCCCCC(C[S+](C)C)=C(C#N)C#N.FC(F)(F)c1cc([B-](c2cc(C(F)(F)F)cc(C(F)(F)F)c2)(c2cc(C(F)(F)F)cc(C(F)(F)F)c2)c2cc(C(F)(F)F)cc(C(F)(F)F)c2)cc(C(F)(F)F)c1. The molecule has 85 heavy (non-hydrogen) atoms. The molecule has 0 unspecified atom stereocenters. The summed E-state index contributed by atoms with van der Waals surface area (Å²) >= 11 is 0. The fraction of sp³-hybridized carbons (Fsp3) is 0.509. The van der Waals surface area contributed by atoms with Gasteiger partial charge in [-0.3, -0.25) is 0 Å². The van der Waals surface area contributed by atoms with E-state index in [4.69, 9.17) is 10.5 Å². The largest absolute Gasteiger partial charge is 0.416 e. The van der Waals surface area contributed by atoms with Crippen LogP contribution in [-0.4, -0.2) is 24.4 Å². The van der Waals surface area contributed by atoms with E-state index < -0.39 is 195 Å². The van der Waals surface area contributed by atoms with E-state index in [1.54, 1.807) is 0 Å². The summed E-state index contributed by atoms with van der Waals surface area (Å²) in [5.41, 5.74) is -28.8. The average Bonchev–Trinajstić information content (AvgIpc) is 0.864. The first kappa shape index (κ1) is 73.6. The van der Waals surface area contributed by atoms with Gasteiger partial charge in [0.15, 0.2) is 0 Å². The third kappa shape index (κ3) is 21.9. The van der Waals surface area contributed by atoms with E-state index >= 15 is 0 Å². The van der Waals surface area contributed by atoms with Crippen LogP contribution in [0.3, 0.4) is 0 Å². The molecule has 0 N–H and O–H groups in total. The minimum atomic E-state index is -6.13. The molecule has 0 bridgehead atoms. The number of unbranched alkanes of at least 4 members (excludes halogenated alkanes) is 15. The highest BCUT2D eigenvalue weighted by Crippen LogP contribution is 2.42. The number of rotatable bonds is 23. The number of alkyl halides is 24. The highest BCUT2D eigenvalue weighted by atomic mass is 32.2. The van der Waals surface area contributed by atoms with Crippen molar-refractivity contribution in [3.05, 3.63) is 128 Å². The lowest BCUT2D eigenvalue weighted by atomic mass is 9.12. The van der Waals surface area contributed by atoms with Crippen molar-refractivity contribution in [3.63, 3.8) is 0 Å². The minimum Gasteiger partial charge on any atom is -0.194 e. The topological polar surface area (TPSA) is 47.6 Å². The molecule has 4 aromatic rings. The molecule has 0 aliphatic rings. The molecule has 0 aliphatic carbocycles. The summed E-state index contributed by atoms with van der Waals surface area (Å²) in [5, 5.41) is 18.2. The second-order valence-corrected chi connectivity index (χ2v) is 22.9. The fourth-order valence-electron chi connectivity index (χ4n) is 9.76. The maximum absolute atomic E-state index is 14.2. The summed E-state index contributed by atoms with van der Waals surface area (Å²) in [6.45, 7) is 2.28. The van der Waals surface area contributed by atoms with Gasteiger partial charge in [-0.1, -0.05) is 152 Å². The van der Waals surface area contributed by atoms with Gasteiger partial charge in [-0.2, -0.15) is 138 Å². The van der Waals surface area contributed by atoms with Crippen LogP contribution < -0.4 is 21.9 Å². The molecule has 472 valence electrons. The monoisotopic (exact) mass is 1270 g/mol. The molecule has 0 saturated carbocycles. The van der Waals surface area contributed by atoms with Crippen LogP contribution in [0.5, 0.6) is 0 Å². The summed E-state index contributed by atoms with van der Waals surface area (Å²) in [5.74, 6) is 0.912. The zero-order valence-electron chi connectivity index (χ0n) is 45.6. The van der Waals surface area contributed by atoms with E-state index in [0.29, 0.717) is 5.57 Å². The van der Waals surface area contributed by atoms with Crippen molar-refractivity contribution >= 4 is 38.9 Å². The van der Waals surface area contributed by atoms with Crippen LogP contribution >= 0.6 is 0 Å². The Labute approximate surface area is 477 Å². The molecule has 0 aromatic heterocycles. The van der Waals surface area contributed by atoms with Gasteiger partial charge in [-0.25, -0.2) is 0 Å². The zero-order chi connectivity index (χ0) is 64.8. The number of nitrogens with zero attached hydrogens (tertiary/aromatic N) is 2. The lowest BCUT2D eigenvalue weighted by Gasteiger charge is -2.46. The smallest absolute Gasteiger partial charge is 0.194 e. The highest BCUT2D eigenvalue weighted by Gasteiger charge is 2.47. The predicted molar refractivity (Wildman–Crippen MR) is 277 cm³/mol. The summed E-state index contributed by atoms with van der Waals surface area (Å²) in [7, 11) is 0.252. The van der Waals surface area contributed by atoms with Crippen LogP contribution in [0.15, 0.2) is 83.9 Å². The Bertz CT molecular complexity index is 2470. The molecule has 0 heterocycles. The van der Waals surface area contributed by atoms with Gasteiger partial charge in [0.25, 0.3) is 0 Å². The van der Waals surface area contributed by atoms with E-state index in [-0.39, 0.29) is 10.9 Å². The van der Waals surface area contributed by atoms with E-state index in [1.165, 1.54) is 96.3 Å². The van der Waals surface area contributed by atoms with E-state index in [9.17, 15) is 105 Å². The lowest BCUT2D eigenvalue weighted by molar-refractivity contribution is -0.144. The molecule has 2 nitrogen and oxygen atoms in total. The van der Waals surface area contributed by atoms with Crippen molar-refractivity contribution in [2.24, 2.45) is 0 Å². The highest BCUT2D eigenvalue weighted by molar-refractivity contribution is 7.95. The maximum Gasteiger partial charge on any atom is 0.416 e. The first-order valence-electron chi connectivity index (χ1n) is 26.3. The molecule has 28 heteroatoms. The van der Waals surface area contributed by atoms with Gasteiger partial charge in [0.1, 0.15) is 29.6 Å². The third-order valence-electron chi connectivity index (χ3n) is 13.8. The van der Waals surface area contributed by atoms with E-state index in [1.807, 2.05) is 0 Å². The molecule has 4 aromatic carbocycles. The Hall–Kier alpha value is -5.67. The van der Waals surface area contributed by atoms with Crippen molar-refractivity contribution < 1.29 is 105 Å². The molecule has 0 spiro atoms. The zero-order valence-corrected chi connectivity index (χ0v) is 46.4. The quantitative estimate of drug-likeness (QED) is 0.0244. The average molecular weight is 1270 g/mol. The number of hydrogen-bond donors (Lipinski definition) is 0. The van der Waals surface area contributed by atoms with Gasteiger partial charge in [0, 0.05) is 5.57 Å². The van der Waals surface area contributed by atoms with Gasteiger partial charge in [0.05, 0.1) is 57.0 Å². The predicted octanol–water partition coefficient (Wildman–Crippen LogP) is 19.1. The van der Waals surface area contributed by atoms with Crippen molar-refractivity contribution in [3.8, 4) is 12.1 Å². The molecule has 0 saturated heterocycles. The molecule has 0 fully saturated rings.